The van der Waals surface area contributed by atoms with Crippen LogP contribution in [0.25, 0.3) is 10.8 Å². The van der Waals surface area contributed by atoms with Crippen molar-refractivity contribution in [1.82, 2.24) is 0 Å². The lowest BCUT2D eigenvalue weighted by Gasteiger charge is -2.10. The van der Waals surface area contributed by atoms with Gasteiger partial charge in [0.05, 0.1) is 5.56 Å². The molecule has 0 radical (unpaired) electrons. The van der Waals surface area contributed by atoms with E-state index in [1.807, 2.05) is 36.4 Å². The van der Waals surface area contributed by atoms with Crippen LogP contribution in [-0.2, 0) is 14.3 Å². The molecule has 0 atom stereocenters. The number of fused-ring (bicyclic) bond motifs is 1. The van der Waals surface area contributed by atoms with Crippen molar-refractivity contribution >= 4 is 34.2 Å². The van der Waals surface area contributed by atoms with E-state index in [0.29, 0.717) is 5.69 Å². The van der Waals surface area contributed by atoms with Gasteiger partial charge in [-0.1, -0.05) is 48.5 Å². The van der Waals surface area contributed by atoms with Crippen molar-refractivity contribution in [1.29, 1.82) is 0 Å². The van der Waals surface area contributed by atoms with Crippen molar-refractivity contribution in [3.8, 4) is 5.75 Å². The summed E-state index contributed by atoms with van der Waals surface area (Å²) >= 11 is 0. The molecule has 0 aliphatic heterocycles. The standard InChI is InChI=1S/C21H18N2O5/c22-21(26)16-9-3-4-11-18(16)27-13-20(25)28-12-19(24)23-17-10-5-7-14-6-1-2-8-15(14)17/h1-11H,12-13H2,(H2,22,26)(H,23,24). The van der Waals surface area contributed by atoms with Crippen LogP contribution in [0, 0.1) is 0 Å². The fourth-order valence-corrected chi connectivity index (χ4v) is 2.64. The first-order chi connectivity index (χ1) is 13.5. The quantitative estimate of drug-likeness (QED) is 0.614. The van der Waals surface area contributed by atoms with E-state index in [2.05, 4.69) is 5.32 Å². The van der Waals surface area contributed by atoms with Crippen LogP contribution >= 0.6 is 0 Å². The highest BCUT2D eigenvalue weighted by Crippen LogP contribution is 2.22. The van der Waals surface area contributed by atoms with Gasteiger partial charge >= 0.3 is 5.97 Å². The van der Waals surface area contributed by atoms with E-state index in [9.17, 15) is 14.4 Å². The number of nitrogens with one attached hydrogen (secondary N) is 1. The Morgan fingerprint density at radius 3 is 2.39 bits per heavy atom. The smallest absolute Gasteiger partial charge is 0.344 e. The molecule has 7 nitrogen and oxygen atoms in total. The number of benzene rings is 3. The summed E-state index contributed by atoms with van der Waals surface area (Å²) in [6.07, 6.45) is 0. The second-order valence-corrected chi connectivity index (χ2v) is 5.88. The minimum Gasteiger partial charge on any atom is -0.481 e. The normalized spacial score (nSPS) is 10.3. The minimum absolute atomic E-state index is 0.156. The molecule has 3 aromatic carbocycles. The topological polar surface area (TPSA) is 108 Å². The number of carbonyl (C=O) groups is 3. The molecule has 0 aliphatic rings. The SMILES string of the molecule is NC(=O)c1ccccc1OCC(=O)OCC(=O)Nc1cccc2ccccc12. The van der Waals surface area contributed by atoms with Crippen molar-refractivity contribution in [3.05, 3.63) is 72.3 Å². The zero-order valence-corrected chi connectivity index (χ0v) is 14.9. The van der Waals surface area contributed by atoms with Crippen LogP contribution in [0.15, 0.2) is 66.7 Å². The molecule has 0 saturated heterocycles. The number of rotatable bonds is 7. The first kappa shape index (κ1) is 18.9. The number of hydrogen-bond acceptors (Lipinski definition) is 5. The summed E-state index contributed by atoms with van der Waals surface area (Å²) in [5.41, 5.74) is 6.03. The van der Waals surface area contributed by atoms with E-state index in [0.717, 1.165) is 10.8 Å². The van der Waals surface area contributed by atoms with Gasteiger partial charge in [0.1, 0.15) is 5.75 Å². The fraction of sp³-hybridized carbons (Fsp3) is 0.0952. The van der Waals surface area contributed by atoms with Gasteiger partial charge in [-0.25, -0.2) is 4.79 Å². The van der Waals surface area contributed by atoms with Crippen LogP contribution < -0.4 is 15.8 Å². The molecule has 0 unspecified atom stereocenters. The number of nitrogens with two attached hydrogens (primary N) is 1. The molecule has 0 heterocycles. The number of primary amides is 1. The molecule has 0 fully saturated rings. The minimum atomic E-state index is -0.743. The van der Waals surface area contributed by atoms with Gasteiger partial charge < -0.3 is 20.5 Å². The van der Waals surface area contributed by atoms with Gasteiger partial charge in [-0.2, -0.15) is 0 Å². The van der Waals surface area contributed by atoms with E-state index in [-0.39, 0.29) is 11.3 Å². The van der Waals surface area contributed by atoms with Crippen molar-refractivity contribution in [2.75, 3.05) is 18.5 Å². The Labute approximate surface area is 161 Å². The largest absolute Gasteiger partial charge is 0.481 e. The Morgan fingerprint density at radius 1 is 0.857 bits per heavy atom. The number of amides is 2. The third-order valence-corrected chi connectivity index (χ3v) is 3.93. The number of esters is 1. The van der Waals surface area contributed by atoms with Crippen molar-refractivity contribution in [3.63, 3.8) is 0 Å². The summed E-state index contributed by atoms with van der Waals surface area (Å²) in [7, 11) is 0. The van der Waals surface area contributed by atoms with E-state index < -0.39 is 31.0 Å². The molecule has 3 N–H and O–H groups in total. The maximum Gasteiger partial charge on any atom is 0.344 e. The molecule has 0 bridgehead atoms. The predicted molar refractivity (Wildman–Crippen MR) is 104 cm³/mol. The second kappa shape index (κ2) is 8.68. The van der Waals surface area contributed by atoms with Gasteiger partial charge in [0.25, 0.3) is 11.8 Å². The average Bonchev–Trinajstić information content (AvgIpc) is 2.71. The van der Waals surface area contributed by atoms with Crippen LogP contribution in [0.5, 0.6) is 5.75 Å². The molecular weight excluding hydrogens is 360 g/mol. The first-order valence-corrected chi connectivity index (χ1v) is 8.49. The predicted octanol–water partition coefficient (Wildman–Crippen LogP) is 2.50. The van der Waals surface area contributed by atoms with Crippen molar-refractivity contribution in [2.45, 2.75) is 0 Å². The highest BCUT2D eigenvalue weighted by Gasteiger charge is 2.13. The Kier molecular flexibility index (Phi) is 5.86. The van der Waals surface area contributed by atoms with Crippen LogP contribution in [0.1, 0.15) is 10.4 Å². The average molecular weight is 378 g/mol. The summed E-state index contributed by atoms with van der Waals surface area (Å²) in [5.74, 6) is -1.71. The van der Waals surface area contributed by atoms with E-state index in [1.54, 1.807) is 18.2 Å². The number of para-hydroxylation sites is 1. The molecule has 142 valence electrons. The number of ether oxygens (including phenoxy) is 2. The van der Waals surface area contributed by atoms with Gasteiger partial charge in [0.2, 0.25) is 0 Å². The highest BCUT2D eigenvalue weighted by atomic mass is 16.6. The van der Waals surface area contributed by atoms with Gasteiger partial charge in [-0.05, 0) is 23.6 Å². The third kappa shape index (κ3) is 4.64. The Bertz CT molecular complexity index is 1030. The van der Waals surface area contributed by atoms with E-state index in [4.69, 9.17) is 15.2 Å². The zero-order valence-electron chi connectivity index (χ0n) is 14.9. The third-order valence-electron chi connectivity index (χ3n) is 3.93. The molecule has 0 aliphatic carbocycles. The first-order valence-electron chi connectivity index (χ1n) is 8.49. The lowest BCUT2D eigenvalue weighted by Crippen LogP contribution is -2.24. The number of carbonyl (C=O) groups excluding carboxylic acids is 3. The van der Waals surface area contributed by atoms with Crippen LogP contribution in [0.2, 0.25) is 0 Å². The number of hydrogen-bond donors (Lipinski definition) is 2. The number of anilines is 1. The Morgan fingerprint density at radius 2 is 1.57 bits per heavy atom. The monoisotopic (exact) mass is 378 g/mol. The maximum atomic E-state index is 12.1. The highest BCUT2D eigenvalue weighted by molar-refractivity contribution is 6.02. The molecular formula is C21H18N2O5. The van der Waals surface area contributed by atoms with Gasteiger partial charge in [-0.15, -0.1) is 0 Å². The van der Waals surface area contributed by atoms with Crippen LogP contribution in [-0.4, -0.2) is 31.0 Å². The molecule has 3 rings (SSSR count). The zero-order chi connectivity index (χ0) is 19.9. The fourth-order valence-electron chi connectivity index (χ4n) is 2.64. The van der Waals surface area contributed by atoms with Gasteiger partial charge in [0, 0.05) is 11.1 Å². The second-order valence-electron chi connectivity index (χ2n) is 5.88. The van der Waals surface area contributed by atoms with Crippen LogP contribution in [0.3, 0.4) is 0 Å². The van der Waals surface area contributed by atoms with Gasteiger partial charge in [-0.3, -0.25) is 9.59 Å². The van der Waals surface area contributed by atoms with E-state index >= 15 is 0 Å². The Hall–Kier alpha value is -3.87. The maximum absolute atomic E-state index is 12.1. The Balaban J connectivity index is 1.52. The van der Waals surface area contributed by atoms with Crippen LogP contribution in [0.4, 0.5) is 5.69 Å². The lowest BCUT2D eigenvalue weighted by atomic mass is 10.1. The summed E-state index contributed by atoms with van der Waals surface area (Å²) < 4.78 is 10.2. The summed E-state index contributed by atoms with van der Waals surface area (Å²) in [6.45, 7) is -0.908. The molecule has 28 heavy (non-hydrogen) atoms. The summed E-state index contributed by atoms with van der Waals surface area (Å²) in [5, 5.41) is 4.59. The van der Waals surface area contributed by atoms with Gasteiger partial charge in [0.15, 0.2) is 13.2 Å². The summed E-state index contributed by atoms with van der Waals surface area (Å²) in [4.78, 5) is 35.2. The molecule has 0 spiro atoms. The van der Waals surface area contributed by atoms with Crippen molar-refractivity contribution in [2.24, 2.45) is 5.73 Å². The van der Waals surface area contributed by atoms with E-state index in [1.165, 1.54) is 12.1 Å². The molecule has 2 amide bonds. The molecule has 0 aromatic heterocycles. The molecule has 0 saturated carbocycles. The summed E-state index contributed by atoms with van der Waals surface area (Å²) in [6, 6.07) is 19.4. The molecule has 3 aromatic rings. The lowest BCUT2D eigenvalue weighted by molar-refractivity contribution is -0.149. The van der Waals surface area contributed by atoms with Crippen molar-refractivity contribution < 1.29 is 23.9 Å². The molecule has 7 heteroatoms.